The summed E-state index contributed by atoms with van der Waals surface area (Å²) < 4.78 is 36.7. The van der Waals surface area contributed by atoms with Crippen molar-refractivity contribution in [1.29, 1.82) is 0 Å². The molecule has 0 unspecified atom stereocenters. The molecule has 0 bridgehead atoms. The molecule has 2 aromatic heterocycles. The standard InChI is InChI=1S/C20H13F2N3O3/c1-2-27-20(26)18-15(11-3-7-13(21)8-4-11)17-19(25-28-24-17)16(23-18)12-5-9-14(22)10-6-12/h3-10H,2H2,1H3. The second-order valence-electron chi connectivity index (χ2n) is 5.88. The maximum absolute atomic E-state index is 13.4. The number of hydrogen-bond acceptors (Lipinski definition) is 6. The molecule has 6 nitrogen and oxygen atoms in total. The minimum Gasteiger partial charge on any atom is -0.461 e. The molecule has 8 heteroatoms. The molecule has 0 aliphatic carbocycles. The molecule has 0 N–H and O–H groups in total. The molecule has 0 saturated carbocycles. The number of nitrogens with zero attached hydrogens (tertiary/aromatic N) is 3. The monoisotopic (exact) mass is 381 g/mol. The predicted octanol–water partition coefficient (Wildman–Crippen LogP) is 4.41. The molecule has 2 aromatic carbocycles. The number of fused-ring (bicyclic) bond motifs is 1. The minimum absolute atomic E-state index is 0.0176. The molecule has 0 aliphatic heterocycles. The minimum atomic E-state index is -0.671. The Kier molecular flexibility index (Phi) is 4.52. The summed E-state index contributed by atoms with van der Waals surface area (Å²) in [6, 6.07) is 11.1. The number of benzene rings is 2. The summed E-state index contributed by atoms with van der Waals surface area (Å²) in [5.41, 5.74) is 2.19. The van der Waals surface area contributed by atoms with Crippen LogP contribution in [0, 0.1) is 11.6 Å². The van der Waals surface area contributed by atoms with Crippen LogP contribution in [0.25, 0.3) is 33.4 Å². The highest BCUT2D eigenvalue weighted by atomic mass is 19.1. The highest BCUT2D eigenvalue weighted by molar-refractivity contribution is 6.07. The number of hydrogen-bond donors (Lipinski definition) is 0. The van der Waals surface area contributed by atoms with Crippen LogP contribution in [0.15, 0.2) is 53.2 Å². The zero-order valence-corrected chi connectivity index (χ0v) is 14.6. The van der Waals surface area contributed by atoms with Crippen LogP contribution in [0.1, 0.15) is 17.4 Å². The quantitative estimate of drug-likeness (QED) is 0.488. The van der Waals surface area contributed by atoms with Gasteiger partial charge in [-0.25, -0.2) is 23.2 Å². The summed E-state index contributed by atoms with van der Waals surface area (Å²) >= 11 is 0. The van der Waals surface area contributed by atoms with Gasteiger partial charge in [0.1, 0.15) is 22.8 Å². The van der Waals surface area contributed by atoms with Crippen molar-refractivity contribution in [2.24, 2.45) is 0 Å². The third-order valence-corrected chi connectivity index (χ3v) is 4.13. The smallest absolute Gasteiger partial charge is 0.357 e. The van der Waals surface area contributed by atoms with E-state index in [4.69, 9.17) is 9.37 Å². The first-order valence-electron chi connectivity index (χ1n) is 8.43. The van der Waals surface area contributed by atoms with Gasteiger partial charge in [-0.2, -0.15) is 0 Å². The third kappa shape index (κ3) is 3.09. The number of esters is 1. The van der Waals surface area contributed by atoms with Crippen molar-refractivity contribution < 1.29 is 22.9 Å². The Morgan fingerprint density at radius 1 is 0.929 bits per heavy atom. The van der Waals surface area contributed by atoms with Gasteiger partial charge in [-0.3, -0.25) is 0 Å². The van der Waals surface area contributed by atoms with Crippen LogP contribution >= 0.6 is 0 Å². The Morgan fingerprint density at radius 3 is 2.11 bits per heavy atom. The van der Waals surface area contributed by atoms with Crippen LogP contribution in [0.4, 0.5) is 8.78 Å². The second-order valence-corrected chi connectivity index (χ2v) is 5.88. The summed E-state index contributed by atoms with van der Waals surface area (Å²) in [5, 5.41) is 7.82. The molecular weight excluding hydrogens is 368 g/mol. The van der Waals surface area contributed by atoms with E-state index < -0.39 is 17.6 Å². The SMILES string of the molecule is CCOC(=O)c1nc(-c2ccc(F)cc2)c2nonc2c1-c1ccc(F)cc1. The van der Waals surface area contributed by atoms with E-state index in [9.17, 15) is 13.6 Å². The molecule has 0 spiro atoms. The Labute approximate surface area is 157 Å². The van der Waals surface area contributed by atoms with E-state index in [-0.39, 0.29) is 17.8 Å². The third-order valence-electron chi connectivity index (χ3n) is 4.13. The number of ether oxygens (including phenoxy) is 1. The zero-order chi connectivity index (χ0) is 19.7. The van der Waals surface area contributed by atoms with Gasteiger partial charge in [-0.1, -0.05) is 12.1 Å². The Balaban J connectivity index is 2.03. The van der Waals surface area contributed by atoms with Crippen molar-refractivity contribution >= 4 is 17.0 Å². The van der Waals surface area contributed by atoms with Crippen molar-refractivity contribution in [2.45, 2.75) is 6.92 Å². The first-order valence-corrected chi connectivity index (χ1v) is 8.43. The Hall–Kier alpha value is -3.68. The number of carbonyl (C=O) groups is 1. The summed E-state index contributed by atoms with van der Waals surface area (Å²) in [4.78, 5) is 17.0. The molecule has 140 valence electrons. The van der Waals surface area contributed by atoms with Gasteiger partial charge >= 0.3 is 5.97 Å². The van der Waals surface area contributed by atoms with Crippen LogP contribution in [-0.2, 0) is 4.74 Å². The van der Waals surface area contributed by atoms with Crippen LogP contribution in [0.3, 0.4) is 0 Å². The highest BCUT2D eigenvalue weighted by Crippen LogP contribution is 2.35. The molecular formula is C20H13F2N3O3. The van der Waals surface area contributed by atoms with Gasteiger partial charge in [-0.05, 0) is 59.2 Å². The number of aromatic nitrogens is 3. The molecule has 2 heterocycles. The molecule has 0 atom stereocenters. The van der Waals surface area contributed by atoms with Gasteiger partial charge in [0.15, 0.2) is 11.2 Å². The lowest BCUT2D eigenvalue weighted by atomic mass is 9.99. The van der Waals surface area contributed by atoms with E-state index in [1.54, 1.807) is 6.92 Å². The van der Waals surface area contributed by atoms with Gasteiger partial charge in [0.05, 0.1) is 6.61 Å². The van der Waals surface area contributed by atoms with Gasteiger partial charge in [-0.15, -0.1) is 0 Å². The van der Waals surface area contributed by atoms with E-state index in [0.717, 1.165) is 0 Å². The van der Waals surface area contributed by atoms with Gasteiger partial charge in [0.25, 0.3) is 0 Å². The fraction of sp³-hybridized carbons (Fsp3) is 0.100. The fourth-order valence-corrected chi connectivity index (χ4v) is 2.89. The number of pyridine rings is 1. The fourth-order valence-electron chi connectivity index (χ4n) is 2.89. The molecule has 28 heavy (non-hydrogen) atoms. The normalized spacial score (nSPS) is 11.0. The van der Waals surface area contributed by atoms with Crippen molar-refractivity contribution in [3.8, 4) is 22.4 Å². The van der Waals surface area contributed by atoms with Gasteiger partial charge in [0.2, 0.25) is 0 Å². The molecule has 0 fully saturated rings. The number of halogens is 2. The van der Waals surface area contributed by atoms with E-state index in [2.05, 4.69) is 15.3 Å². The lowest BCUT2D eigenvalue weighted by molar-refractivity contribution is 0.0521. The van der Waals surface area contributed by atoms with Gasteiger partial charge < -0.3 is 4.74 Å². The van der Waals surface area contributed by atoms with E-state index >= 15 is 0 Å². The first kappa shape index (κ1) is 17.7. The van der Waals surface area contributed by atoms with Crippen LogP contribution in [0.2, 0.25) is 0 Å². The zero-order valence-electron chi connectivity index (χ0n) is 14.6. The molecule has 4 rings (SSSR count). The summed E-state index contributed by atoms with van der Waals surface area (Å²) in [6.07, 6.45) is 0. The average molecular weight is 381 g/mol. The van der Waals surface area contributed by atoms with Crippen molar-refractivity contribution in [3.05, 3.63) is 65.9 Å². The highest BCUT2D eigenvalue weighted by Gasteiger charge is 2.25. The predicted molar refractivity (Wildman–Crippen MR) is 96.3 cm³/mol. The van der Waals surface area contributed by atoms with Crippen molar-refractivity contribution in [3.63, 3.8) is 0 Å². The second kappa shape index (κ2) is 7.15. The molecule has 0 radical (unpaired) electrons. The van der Waals surface area contributed by atoms with E-state index in [0.29, 0.717) is 27.9 Å². The van der Waals surface area contributed by atoms with Crippen LogP contribution in [0.5, 0.6) is 0 Å². The van der Waals surface area contributed by atoms with Gasteiger partial charge in [0, 0.05) is 11.1 Å². The lowest BCUT2D eigenvalue weighted by Gasteiger charge is -2.11. The molecule has 4 aromatic rings. The first-order chi connectivity index (χ1) is 13.6. The molecule has 0 amide bonds. The van der Waals surface area contributed by atoms with E-state index in [1.165, 1.54) is 48.5 Å². The molecule has 0 aliphatic rings. The lowest BCUT2D eigenvalue weighted by Crippen LogP contribution is -2.10. The van der Waals surface area contributed by atoms with Crippen molar-refractivity contribution in [1.82, 2.24) is 15.3 Å². The van der Waals surface area contributed by atoms with Crippen LogP contribution < -0.4 is 0 Å². The number of carbonyl (C=O) groups excluding carboxylic acids is 1. The topological polar surface area (TPSA) is 78.1 Å². The van der Waals surface area contributed by atoms with Crippen LogP contribution in [-0.4, -0.2) is 27.9 Å². The maximum atomic E-state index is 13.4. The Bertz CT molecular complexity index is 1160. The summed E-state index contributed by atoms with van der Waals surface area (Å²) in [6.45, 7) is 1.82. The summed E-state index contributed by atoms with van der Waals surface area (Å²) in [7, 11) is 0. The number of rotatable bonds is 4. The van der Waals surface area contributed by atoms with E-state index in [1.807, 2.05) is 0 Å². The summed E-state index contributed by atoms with van der Waals surface area (Å²) in [5.74, 6) is -1.51. The maximum Gasteiger partial charge on any atom is 0.357 e. The molecule has 0 saturated heterocycles. The van der Waals surface area contributed by atoms with Crippen molar-refractivity contribution in [2.75, 3.05) is 6.61 Å². The largest absolute Gasteiger partial charge is 0.461 e. The Morgan fingerprint density at radius 2 is 1.50 bits per heavy atom. The average Bonchev–Trinajstić information content (AvgIpc) is 3.18.